The average molecular weight is 306 g/mol. The Morgan fingerprint density at radius 2 is 2.10 bits per heavy atom. The maximum atomic E-state index is 11.9. The quantitative estimate of drug-likeness (QED) is 0.630. The Labute approximate surface area is 121 Å². The number of benzene rings is 1. The van der Waals surface area contributed by atoms with E-state index in [0.717, 1.165) is 0 Å². The van der Waals surface area contributed by atoms with Gasteiger partial charge in [-0.1, -0.05) is 35.5 Å². The first-order chi connectivity index (χ1) is 9.63. The second-order valence-corrected chi connectivity index (χ2v) is 6.25. The number of thioether (sulfide) groups is 1. The summed E-state index contributed by atoms with van der Waals surface area (Å²) in [5, 5.41) is 12.5. The summed E-state index contributed by atoms with van der Waals surface area (Å²) in [5.74, 6) is 0.706. The first-order valence-electron chi connectivity index (χ1n) is 5.60. The molecule has 0 spiro atoms. The molecule has 1 aromatic rings. The normalized spacial score (nSPS) is 15.3. The molecule has 7 heteroatoms. The highest BCUT2D eigenvalue weighted by atomic mass is 32.2. The third kappa shape index (κ3) is 3.50. The molecule has 0 bridgehead atoms. The Morgan fingerprint density at radius 3 is 2.70 bits per heavy atom. The SMILES string of the molecule is N#CC(=NOS(=O)(=O)c1ccccc1)C1=CC=CCS1. The summed E-state index contributed by atoms with van der Waals surface area (Å²) in [6.45, 7) is 0. The van der Waals surface area contributed by atoms with E-state index in [0.29, 0.717) is 10.7 Å². The van der Waals surface area contributed by atoms with Gasteiger partial charge in [0.25, 0.3) is 0 Å². The third-order valence-electron chi connectivity index (χ3n) is 2.32. The fraction of sp³-hybridized carbons (Fsp3) is 0.0769. The molecular formula is C13H10N2O3S2. The zero-order valence-electron chi connectivity index (χ0n) is 10.3. The van der Waals surface area contributed by atoms with Crippen molar-refractivity contribution in [1.29, 1.82) is 5.26 Å². The Kier molecular flexibility index (Phi) is 4.61. The van der Waals surface area contributed by atoms with E-state index in [2.05, 4.69) is 9.44 Å². The molecule has 2 rings (SSSR count). The molecular weight excluding hydrogens is 296 g/mol. The first-order valence-corrected chi connectivity index (χ1v) is 7.99. The van der Waals surface area contributed by atoms with E-state index in [-0.39, 0.29) is 10.6 Å². The molecule has 0 aliphatic carbocycles. The second-order valence-electron chi connectivity index (χ2n) is 3.66. The van der Waals surface area contributed by atoms with Crippen molar-refractivity contribution in [3.8, 4) is 6.07 Å². The predicted molar refractivity (Wildman–Crippen MR) is 77.4 cm³/mol. The van der Waals surface area contributed by atoms with Gasteiger partial charge < -0.3 is 0 Å². The molecule has 1 aliphatic heterocycles. The van der Waals surface area contributed by atoms with Crippen LogP contribution in [-0.2, 0) is 14.4 Å². The van der Waals surface area contributed by atoms with Crippen LogP contribution in [0.4, 0.5) is 0 Å². The standard InChI is InChI=1S/C13H10N2O3S2/c14-10-12(13-8-4-5-9-19-13)15-18-20(16,17)11-6-2-1-3-7-11/h1-8H,9H2. The minimum atomic E-state index is -4.00. The second kappa shape index (κ2) is 6.41. The molecule has 0 unspecified atom stereocenters. The van der Waals surface area contributed by atoms with Gasteiger partial charge in [-0.05, 0) is 18.2 Å². The van der Waals surface area contributed by atoms with Crippen LogP contribution in [0.15, 0.2) is 63.5 Å². The van der Waals surface area contributed by atoms with Gasteiger partial charge in [-0.15, -0.1) is 11.8 Å². The van der Waals surface area contributed by atoms with Crippen LogP contribution < -0.4 is 0 Å². The van der Waals surface area contributed by atoms with E-state index in [4.69, 9.17) is 5.26 Å². The van der Waals surface area contributed by atoms with E-state index in [1.54, 1.807) is 30.4 Å². The van der Waals surface area contributed by atoms with Gasteiger partial charge in [0.2, 0.25) is 0 Å². The molecule has 0 fully saturated rings. The summed E-state index contributed by atoms with van der Waals surface area (Å²) in [6.07, 6.45) is 5.39. The maximum Gasteiger partial charge on any atom is 0.358 e. The van der Waals surface area contributed by atoms with E-state index >= 15 is 0 Å². The van der Waals surface area contributed by atoms with Gasteiger partial charge in [-0.3, -0.25) is 4.28 Å². The van der Waals surface area contributed by atoms with Gasteiger partial charge in [0, 0.05) is 10.7 Å². The number of oxime groups is 1. The zero-order chi connectivity index (χ0) is 14.4. The van der Waals surface area contributed by atoms with Crippen LogP contribution in [-0.4, -0.2) is 19.9 Å². The van der Waals surface area contributed by atoms with Gasteiger partial charge in [-0.25, -0.2) is 0 Å². The topological polar surface area (TPSA) is 79.5 Å². The summed E-state index contributed by atoms with van der Waals surface area (Å²) in [6, 6.07) is 9.48. The smallest absolute Gasteiger partial charge is 0.263 e. The number of allylic oxidation sites excluding steroid dienone is 3. The van der Waals surface area contributed by atoms with Crippen LogP contribution >= 0.6 is 11.8 Å². The van der Waals surface area contributed by atoms with Gasteiger partial charge >= 0.3 is 10.1 Å². The maximum absolute atomic E-state index is 11.9. The first kappa shape index (κ1) is 14.4. The van der Waals surface area contributed by atoms with E-state index in [1.807, 2.05) is 12.1 Å². The third-order valence-corrected chi connectivity index (χ3v) is 4.44. The highest BCUT2D eigenvalue weighted by Crippen LogP contribution is 2.22. The molecule has 0 saturated carbocycles. The summed E-state index contributed by atoms with van der Waals surface area (Å²) in [7, 11) is -4.00. The minimum Gasteiger partial charge on any atom is -0.263 e. The Morgan fingerprint density at radius 1 is 1.35 bits per heavy atom. The highest BCUT2D eigenvalue weighted by Gasteiger charge is 2.17. The lowest BCUT2D eigenvalue weighted by Crippen LogP contribution is -2.06. The van der Waals surface area contributed by atoms with Gasteiger partial charge in [0.05, 0.1) is 0 Å². The number of nitriles is 1. The van der Waals surface area contributed by atoms with Crippen LogP contribution in [0.5, 0.6) is 0 Å². The number of nitrogens with zero attached hydrogens (tertiary/aromatic N) is 2. The van der Waals surface area contributed by atoms with Gasteiger partial charge in [0.15, 0.2) is 5.71 Å². The fourth-order valence-corrected chi connectivity index (χ4v) is 2.91. The molecule has 20 heavy (non-hydrogen) atoms. The van der Waals surface area contributed by atoms with Crippen LogP contribution in [0, 0.1) is 11.3 Å². The highest BCUT2D eigenvalue weighted by molar-refractivity contribution is 8.04. The molecule has 1 aliphatic rings. The van der Waals surface area contributed by atoms with E-state index in [9.17, 15) is 8.42 Å². The zero-order valence-corrected chi connectivity index (χ0v) is 11.9. The summed E-state index contributed by atoms with van der Waals surface area (Å²) >= 11 is 1.39. The van der Waals surface area contributed by atoms with Crippen molar-refractivity contribution >= 4 is 27.6 Å². The van der Waals surface area contributed by atoms with Crippen LogP contribution in [0.25, 0.3) is 0 Å². The number of rotatable bonds is 4. The van der Waals surface area contributed by atoms with Gasteiger partial charge in [-0.2, -0.15) is 13.7 Å². The molecule has 0 amide bonds. The Balaban J connectivity index is 2.21. The van der Waals surface area contributed by atoms with Crippen molar-refractivity contribution in [1.82, 2.24) is 0 Å². The molecule has 1 aromatic carbocycles. The van der Waals surface area contributed by atoms with Crippen molar-refractivity contribution in [2.75, 3.05) is 5.75 Å². The summed E-state index contributed by atoms with van der Waals surface area (Å²) in [4.78, 5) is 0.574. The monoisotopic (exact) mass is 306 g/mol. The van der Waals surface area contributed by atoms with E-state index in [1.165, 1.54) is 23.9 Å². The molecule has 0 radical (unpaired) electrons. The average Bonchev–Trinajstić information content (AvgIpc) is 2.50. The van der Waals surface area contributed by atoms with Gasteiger partial charge in [0.1, 0.15) is 11.0 Å². The summed E-state index contributed by atoms with van der Waals surface area (Å²) < 4.78 is 28.3. The Bertz CT molecular complexity index is 714. The molecule has 1 heterocycles. The van der Waals surface area contributed by atoms with E-state index < -0.39 is 10.1 Å². The predicted octanol–water partition coefficient (Wildman–Crippen LogP) is 2.46. The lowest BCUT2D eigenvalue weighted by Gasteiger charge is -2.06. The lowest BCUT2D eigenvalue weighted by atomic mass is 10.3. The van der Waals surface area contributed by atoms with Crippen LogP contribution in [0.2, 0.25) is 0 Å². The largest absolute Gasteiger partial charge is 0.358 e. The fourth-order valence-electron chi connectivity index (χ4n) is 1.38. The molecule has 102 valence electrons. The van der Waals surface area contributed by atoms with Crippen molar-refractivity contribution in [3.05, 3.63) is 53.5 Å². The number of hydrogen-bond donors (Lipinski definition) is 0. The van der Waals surface area contributed by atoms with Crippen molar-refractivity contribution in [3.63, 3.8) is 0 Å². The van der Waals surface area contributed by atoms with Crippen molar-refractivity contribution < 1.29 is 12.7 Å². The lowest BCUT2D eigenvalue weighted by molar-refractivity contribution is 0.339. The molecule has 0 atom stereocenters. The minimum absolute atomic E-state index is 0.00814. The molecule has 0 saturated heterocycles. The number of hydrogen-bond acceptors (Lipinski definition) is 6. The summed E-state index contributed by atoms with van der Waals surface area (Å²) in [5.41, 5.74) is -0.0566. The van der Waals surface area contributed by atoms with Crippen molar-refractivity contribution in [2.45, 2.75) is 4.90 Å². The van der Waals surface area contributed by atoms with Crippen LogP contribution in [0.3, 0.4) is 0 Å². The molecule has 0 N–H and O–H groups in total. The molecule has 0 aromatic heterocycles. The van der Waals surface area contributed by atoms with Crippen LogP contribution in [0.1, 0.15) is 0 Å². The van der Waals surface area contributed by atoms with Crippen molar-refractivity contribution in [2.24, 2.45) is 5.16 Å². The molecule has 5 nitrogen and oxygen atoms in total. The Hall–Kier alpha value is -2.04.